The highest BCUT2D eigenvalue weighted by atomic mass is 19.4. The van der Waals surface area contributed by atoms with E-state index in [1.807, 2.05) is 0 Å². The Morgan fingerprint density at radius 2 is 1.76 bits per heavy atom. The molecule has 3 heterocycles. The number of halogens is 5. The van der Waals surface area contributed by atoms with Crippen molar-refractivity contribution in [2.24, 2.45) is 0 Å². The average Bonchev–Trinajstić information content (AvgIpc) is 3.25. The van der Waals surface area contributed by atoms with E-state index in [0.717, 1.165) is 6.07 Å². The number of nitrogens with one attached hydrogen (secondary N) is 1. The molecule has 0 aliphatic carbocycles. The summed E-state index contributed by atoms with van der Waals surface area (Å²) in [5.41, 5.74) is 1.68. The molecule has 0 bridgehead atoms. The molecule has 38 heavy (non-hydrogen) atoms. The van der Waals surface area contributed by atoms with Crippen LogP contribution in [0.4, 0.5) is 33.5 Å². The maximum atomic E-state index is 14.1. The number of hydrogen-bond acceptors (Lipinski definition) is 6. The number of ether oxygens (including phenoxy) is 1. The van der Waals surface area contributed by atoms with E-state index >= 15 is 0 Å². The van der Waals surface area contributed by atoms with Gasteiger partial charge in [0.1, 0.15) is 28.9 Å². The third-order valence-electron chi connectivity index (χ3n) is 6.08. The second-order valence-corrected chi connectivity index (χ2v) is 8.50. The summed E-state index contributed by atoms with van der Waals surface area (Å²) in [5, 5.41) is 3.10. The van der Waals surface area contributed by atoms with E-state index in [-0.39, 0.29) is 23.9 Å². The Kier molecular flexibility index (Phi) is 6.74. The summed E-state index contributed by atoms with van der Waals surface area (Å²) in [4.78, 5) is 24.9. The molecule has 0 unspecified atom stereocenters. The Morgan fingerprint density at radius 1 is 1.03 bits per heavy atom. The largest absolute Gasteiger partial charge is 0.573 e. The predicted octanol–water partition coefficient (Wildman–Crippen LogP) is 4.33. The van der Waals surface area contributed by atoms with Gasteiger partial charge in [0, 0.05) is 50.2 Å². The van der Waals surface area contributed by atoms with Crippen LogP contribution in [0.3, 0.4) is 0 Å². The number of benzene rings is 2. The van der Waals surface area contributed by atoms with Crippen LogP contribution in [0.5, 0.6) is 5.75 Å². The number of imidazole rings is 1. The quantitative estimate of drug-likeness (QED) is 0.373. The van der Waals surface area contributed by atoms with E-state index in [4.69, 9.17) is 0 Å². The van der Waals surface area contributed by atoms with Crippen molar-refractivity contribution in [3.8, 4) is 17.0 Å². The van der Waals surface area contributed by atoms with Crippen molar-refractivity contribution >= 4 is 23.1 Å². The van der Waals surface area contributed by atoms with Gasteiger partial charge in [-0.25, -0.2) is 13.8 Å². The van der Waals surface area contributed by atoms with Crippen LogP contribution in [0.1, 0.15) is 0 Å². The van der Waals surface area contributed by atoms with Gasteiger partial charge in [0.25, 0.3) is 0 Å². The van der Waals surface area contributed by atoms with Crippen LogP contribution < -0.4 is 15.0 Å². The molecule has 1 aliphatic rings. The first-order chi connectivity index (χ1) is 18.2. The number of aromatic nitrogens is 3. The molecule has 0 saturated carbocycles. The average molecular weight is 532 g/mol. The van der Waals surface area contributed by atoms with Gasteiger partial charge in [-0.2, -0.15) is 0 Å². The van der Waals surface area contributed by atoms with Crippen molar-refractivity contribution in [2.45, 2.75) is 6.36 Å². The maximum absolute atomic E-state index is 14.1. The summed E-state index contributed by atoms with van der Waals surface area (Å²) in [6, 6.07) is 8.66. The zero-order chi connectivity index (χ0) is 26.9. The Hall–Kier alpha value is -4.42. The molecule has 0 spiro atoms. The van der Waals surface area contributed by atoms with Crippen molar-refractivity contribution in [3.63, 3.8) is 0 Å². The highest BCUT2D eigenvalue weighted by Gasteiger charge is 2.31. The van der Waals surface area contributed by atoms with Crippen molar-refractivity contribution in [1.82, 2.24) is 19.3 Å². The lowest BCUT2D eigenvalue weighted by Gasteiger charge is -2.36. The molecule has 8 nitrogen and oxygen atoms in total. The number of nitrogens with zero attached hydrogens (tertiary/aromatic N) is 5. The minimum atomic E-state index is -4.80. The molecular formula is C25H21F5N6O2. The Labute approximate surface area is 213 Å². The molecule has 1 saturated heterocycles. The number of fused-ring (bicyclic) bond motifs is 1. The lowest BCUT2D eigenvalue weighted by Crippen LogP contribution is -2.50. The van der Waals surface area contributed by atoms with Gasteiger partial charge >= 0.3 is 6.36 Å². The molecule has 198 valence electrons. The molecule has 5 rings (SSSR count). The molecule has 4 aromatic rings. The van der Waals surface area contributed by atoms with Crippen LogP contribution in [0.15, 0.2) is 61.1 Å². The van der Waals surface area contributed by atoms with Gasteiger partial charge in [-0.15, -0.1) is 13.2 Å². The number of alkyl halides is 3. The number of carbonyl (C=O) groups is 1. The van der Waals surface area contributed by atoms with Gasteiger partial charge in [0.15, 0.2) is 5.65 Å². The fourth-order valence-electron chi connectivity index (χ4n) is 4.30. The predicted molar refractivity (Wildman–Crippen MR) is 129 cm³/mol. The van der Waals surface area contributed by atoms with Crippen LogP contribution in [-0.4, -0.2) is 64.3 Å². The third kappa shape index (κ3) is 5.45. The molecule has 2 aromatic heterocycles. The first-order valence-corrected chi connectivity index (χ1v) is 11.6. The van der Waals surface area contributed by atoms with Crippen molar-refractivity contribution in [2.75, 3.05) is 42.9 Å². The van der Waals surface area contributed by atoms with Gasteiger partial charge < -0.3 is 19.9 Å². The van der Waals surface area contributed by atoms with E-state index < -0.39 is 18.0 Å². The number of piperazine rings is 1. The fourth-order valence-corrected chi connectivity index (χ4v) is 4.30. The van der Waals surface area contributed by atoms with Gasteiger partial charge in [-0.05, 0) is 36.4 Å². The lowest BCUT2D eigenvalue weighted by atomic mass is 10.1. The van der Waals surface area contributed by atoms with Crippen LogP contribution in [-0.2, 0) is 4.79 Å². The van der Waals surface area contributed by atoms with E-state index in [2.05, 4.69) is 20.0 Å². The summed E-state index contributed by atoms with van der Waals surface area (Å²) in [7, 11) is 0. The second kappa shape index (κ2) is 10.1. The molecule has 13 heteroatoms. The van der Waals surface area contributed by atoms with E-state index in [9.17, 15) is 26.7 Å². The van der Waals surface area contributed by atoms with Gasteiger partial charge in [0.05, 0.1) is 18.4 Å². The molecule has 1 N–H and O–H groups in total. The number of hydrogen-bond donors (Lipinski definition) is 1. The highest BCUT2D eigenvalue weighted by molar-refractivity contribution is 5.84. The summed E-state index contributed by atoms with van der Waals surface area (Å²) in [6.45, 7) is 1.38. The van der Waals surface area contributed by atoms with Crippen LogP contribution in [0, 0.1) is 11.6 Å². The summed E-state index contributed by atoms with van der Waals surface area (Å²) < 4.78 is 70.5. The zero-order valence-electron chi connectivity index (χ0n) is 19.8. The minimum absolute atomic E-state index is 0.0801. The number of carbonyl (C=O) groups excluding carboxylic acids is 1. The number of anilines is 2. The first-order valence-electron chi connectivity index (χ1n) is 11.6. The molecule has 1 amide bonds. The Morgan fingerprint density at radius 3 is 2.45 bits per heavy atom. The highest BCUT2D eigenvalue weighted by Crippen LogP contribution is 2.31. The normalized spacial score (nSPS) is 14.1. The Bertz CT molecular complexity index is 1450. The van der Waals surface area contributed by atoms with Crippen LogP contribution >= 0.6 is 0 Å². The number of rotatable bonds is 6. The van der Waals surface area contributed by atoms with Crippen molar-refractivity contribution in [1.29, 1.82) is 0 Å². The van der Waals surface area contributed by atoms with Crippen LogP contribution in [0.2, 0.25) is 0 Å². The summed E-state index contributed by atoms with van der Waals surface area (Å²) in [5.74, 6) is -1.41. The SMILES string of the molecule is O=C(CNc1c(-c2ccc(OC(F)(F)F)cc2)nc2cnccn12)N1CCN(c2ccc(F)cc2F)CC1. The van der Waals surface area contributed by atoms with Crippen molar-refractivity contribution in [3.05, 3.63) is 72.7 Å². The molecule has 1 aliphatic heterocycles. The molecule has 0 atom stereocenters. The van der Waals surface area contributed by atoms with E-state index in [1.54, 1.807) is 26.6 Å². The number of amides is 1. The topological polar surface area (TPSA) is 75.0 Å². The van der Waals surface area contributed by atoms with Crippen LogP contribution in [0.25, 0.3) is 16.9 Å². The monoisotopic (exact) mass is 532 g/mol. The molecule has 2 aromatic carbocycles. The zero-order valence-corrected chi connectivity index (χ0v) is 19.8. The lowest BCUT2D eigenvalue weighted by molar-refractivity contribution is -0.274. The fraction of sp³-hybridized carbons (Fsp3) is 0.240. The second-order valence-electron chi connectivity index (χ2n) is 8.50. The summed E-state index contributed by atoms with van der Waals surface area (Å²) in [6.07, 6.45) is -0.0945. The van der Waals surface area contributed by atoms with Gasteiger partial charge in [-0.3, -0.25) is 14.2 Å². The minimum Gasteiger partial charge on any atom is -0.406 e. The van der Waals surface area contributed by atoms with Gasteiger partial charge in [-0.1, -0.05) is 0 Å². The molecular weight excluding hydrogens is 511 g/mol. The van der Waals surface area contributed by atoms with E-state index in [1.165, 1.54) is 42.6 Å². The first kappa shape index (κ1) is 25.2. The molecule has 0 radical (unpaired) electrons. The van der Waals surface area contributed by atoms with Crippen molar-refractivity contribution < 1.29 is 31.5 Å². The van der Waals surface area contributed by atoms with E-state index in [0.29, 0.717) is 48.9 Å². The Balaban J connectivity index is 1.28. The van der Waals surface area contributed by atoms with Gasteiger partial charge in [0.2, 0.25) is 5.91 Å². The maximum Gasteiger partial charge on any atom is 0.573 e. The molecule has 1 fully saturated rings. The summed E-state index contributed by atoms with van der Waals surface area (Å²) >= 11 is 0. The third-order valence-corrected chi connectivity index (χ3v) is 6.08. The standard InChI is InChI=1S/C25H21F5N6O2/c26-17-3-6-20(19(27)13-17)34-9-11-35(12-10-34)22(37)15-32-24-23(33-21-14-31-7-8-36(21)24)16-1-4-18(5-2-16)38-25(28,29)30/h1-8,13-14,32H,9-12,15H2. The smallest absolute Gasteiger partial charge is 0.406 e.